The summed E-state index contributed by atoms with van der Waals surface area (Å²) in [5.74, 6) is -3.75. The number of hydrogen-bond donors (Lipinski definition) is 1. The number of aryl methyl sites for hydroxylation is 1. The van der Waals surface area contributed by atoms with E-state index in [1.807, 2.05) is 6.07 Å². The number of halogens is 4. The average Bonchev–Trinajstić information content (AvgIpc) is 2.70. The standard InChI is InChI=1S/C20H16F4N4O2/c1-10-2-12(6-25)7-27-18(10)15(29)5-11-3-13(17(22)14(21)4-11)20(19(23)24)9-30-8-16(26)28-20/h2-4,7,19H,5,8-9H2,1H3,(H2,26,28)/t20-/m0/s1. The van der Waals surface area contributed by atoms with E-state index < -0.39 is 48.0 Å². The van der Waals surface area contributed by atoms with Crippen molar-refractivity contribution >= 4 is 11.6 Å². The fraction of sp³-hybridized carbons (Fsp3) is 0.300. The first-order valence-electron chi connectivity index (χ1n) is 8.76. The zero-order valence-corrected chi connectivity index (χ0v) is 15.8. The molecule has 0 saturated heterocycles. The van der Waals surface area contributed by atoms with Crippen molar-refractivity contribution in [1.29, 1.82) is 5.26 Å². The van der Waals surface area contributed by atoms with Crippen LogP contribution in [0.5, 0.6) is 0 Å². The molecule has 10 heteroatoms. The van der Waals surface area contributed by atoms with Crippen LogP contribution in [-0.2, 0) is 16.7 Å². The van der Waals surface area contributed by atoms with Gasteiger partial charge >= 0.3 is 0 Å². The highest BCUT2D eigenvalue weighted by Crippen LogP contribution is 2.38. The number of ether oxygens (including phenoxy) is 1. The third-order valence-electron chi connectivity index (χ3n) is 4.67. The molecule has 0 amide bonds. The number of nitriles is 1. The van der Waals surface area contributed by atoms with Crippen LogP contribution in [0.3, 0.4) is 0 Å². The molecule has 3 rings (SSSR count). The number of aliphatic imine (C=N–C) groups is 1. The summed E-state index contributed by atoms with van der Waals surface area (Å²) >= 11 is 0. The van der Waals surface area contributed by atoms with Crippen LogP contribution in [0, 0.1) is 29.9 Å². The van der Waals surface area contributed by atoms with Crippen molar-refractivity contribution in [3.8, 4) is 6.07 Å². The molecule has 30 heavy (non-hydrogen) atoms. The lowest BCUT2D eigenvalue weighted by atomic mass is 9.88. The van der Waals surface area contributed by atoms with Gasteiger partial charge in [0, 0.05) is 18.2 Å². The molecule has 6 nitrogen and oxygen atoms in total. The van der Waals surface area contributed by atoms with E-state index in [-0.39, 0.29) is 29.3 Å². The minimum atomic E-state index is -3.24. The van der Waals surface area contributed by atoms with Crippen molar-refractivity contribution in [3.63, 3.8) is 0 Å². The van der Waals surface area contributed by atoms with Gasteiger partial charge in [-0.1, -0.05) is 0 Å². The van der Waals surface area contributed by atoms with Crippen molar-refractivity contribution < 1.29 is 27.1 Å². The Kier molecular flexibility index (Phi) is 5.85. The number of alkyl halides is 2. The second kappa shape index (κ2) is 8.20. The monoisotopic (exact) mass is 420 g/mol. The van der Waals surface area contributed by atoms with Crippen LogP contribution in [0.15, 0.2) is 29.4 Å². The van der Waals surface area contributed by atoms with E-state index in [0.29, 0.717) is 5.56 Å². The van der Waals surface area contributed by atoms with E-state index in [4.69, 9.17) is 15.7 Å². The highest BCUT2D eigenvalue weighted by molar-refractivity contribution is 5.97. The summed E-state index contributed by atoms with van der Waals surface area (Å²) in [6.45, 7) is 0.663. The molecule has 0 saturated carbocycles. The molecule has 156 valence electrons. The lowest BCUT2D eigenvalue weighted by Gasteiger charge is -2.33. The fourth-order valence-corrected chi connectivity index (χ4v) is 3.26. The normalized spacial score (nSPS) is 18.8. The van der Waals surface area contributed by atoms with E-state index in [2.05, 4.69) is 9.98 Å². The smallest absolute Gasteiger partial charge is 0.269 e. The van der Waals surface area contributed by atoms with Gasteiger partial charge in [-0.15, -0.1) is 0 Å². The molecule has 1 atom stereocenters. The number of nitrogens with zero attached hydrogens (tertiary/aromatic N) is 3. The van der Waals surface area contributed by atoms with Gasteiger partial charge in [0.2, 0.25) is 0 Å². The van der Waals surface area contributed by atoms with Gasteiger partial charge in [0.15, 0.2) is 23.0 Å². The second-order valence-electron chi connectivity index (χ2n) is 6.86. The van der Waals surface area contributed by atoms with Gasteiger partial charge in [0.25, 0.3) is 6.43 Å². The lowest BCUT2D eigenvalue weighted by Crippen LogP contribution is -2.45. The SMILES string of the molecule is Cc1cc(C#N)cnc1C(=O)Cc1cc(F)c(F)c([C@]2(C(F)F)COCC(N)=N2)c1. The number of rotatable bonds is 5. The largest absolute Gasteiger partial charge is 0.385 e. The number of amidine groups is 1. The highest BCUT2D eigenvalue weighted by Gasteiger charge is 2.47. The number of aromatic nitrogens is 1. The Bertz CT molecular complexity index is 1080. The van der Waals surface area contributed by atoms with E-state index in [9.17, 15) is 22.4 Å². The number of carbonyl (C=O) groups is 1. The molecule has 1 aliphatic rings. The molecular weight excluding hydrogens is 404 g/mol. The maximum Gasteiger partial charge on any atom is 0.269 e. The number of carbonyl (C=O) groups excluding carboxylic acids is 1. The summed E-state index contributed by atoms with van der Waals surface area (Å²) in [5.41, 5.74) is 2.90. The first kappa shape index (κ1) is 21.4. The summed E-state index contributed by atoms with van der Waals surface area (Å²) in [6.07, 6.45) is -2.46. The Morgan fingerprint density at radius 3 is 2.70 bits per heavy atom. The van der Waals surface area contributed by atoms with Gasteiger partial charge in [0.1, 0.15) is 24.2 Å². The Morgan fingerprint density at radius 1 is 1.37 bits per heavy atom. The molecule has 1 aliphatic heterocycles. The number of pyridine rings is 1. The van der Waals surface area contributed by atoms with E-state index in [1.54, 1.807) is 6.92 Å². The summed E-state index contributed by atoms with van der Waals surface area (Å²) in [4.78, 5) is 20.2. The van der Waals surface area contributed by atoms with Crippen molar-refractivity contribution in [1.82, 2.24) is 4.98 Å². The van der Waals surface area contributed by atoms with Crippen molar-refractivity contribution in [2.45, 2.75) is 25.3 Å². The van der Waals surface area contributed by atoms with E-state index >= 15 is 0 Å². The van der Waals surface area contributed by atoms with Crippen LogP contribution in [0.2, 0.25) is 0 Å². The molecule has 2 heterocycles. The van der Waals surface area contributed by atoms with Gasteiger partial charge in [-0.25, -0.2) is 17.6 Å². The number of hydrogen-bond acceptors (Lipinski definition) is 6. The third-order valence-corrected chi connectivity index (χ3v) is 4.67. The summed E-state index contributed by atoms with van der Waals surface area (Å²) in [6, 6.07) is 5.07. The Hall–Kier alpha value is -3.32. The predicted octanol–water partition coefficient (Wildman–Crippen LogP) is 2.81. The number of nitrogens with two attached hydrogens (primary N) is 1. The maximum atomic E-state index is 14.5. The Labute approximate surface area is 169 Å². The molecule has 0 unspecified atom stereocenters. The van der Waals surface area contributed by atoms with E-state index in [1.165, 1.54) is 12.3 Å². The minimum absolute atomic E-state index is 0.0344. The van der Waals surface area contributed by atoms with Gasteiger partial charge in [-0.05, 0) is 36.2 Å². The highest BCUT2D eigenvalue weighted by atomic mass is 19.3. The quantitative estimate of drug-likeness (QED) is 0.592. The lowest BCUT2D eigenvalue weighted by molar-refractivity contribution is -0.0149. The number of ketones is 1. The summed E-state index contributed by atoms with van der Waals surface area (Å²) < 4.78 is 61.6. The molecular formula is C20H16F4N4O2. The molecule has 0 fully saturated rings. The Balaban J connectivity index is 2.03. The fourth-order valence-electron chi connectivity index (χ4n) is 3.26. The van der Waals surface area contributed by atoms with Crippen LogP contribution in [0.4, 0.5) is 17.6 Å². The maximum absolute atomic E-state index is 14.5. The van der Waals surface area contributed by atoms with E-state index in [0.717, 1.165) is 12.1 Å². The summed E-state index contributed by atoms with van der Waals surface area (Å²) in [5, 5.41) is 8.88. The van der Waals surface area contributed by atoms with Crippen LogP contribution in [-0.4, -0.2) is 36.2 Å². The number of Topliss-reactive ketones (excluding diaryl/α,β-unsaturated/α-hetero) is 1. The molecule has 0 aliphatic carbocycles. The first-order chi connectivity index (χ1) is 14.2. The average molecular weight is 420 g/mol. The molecule has 1 aromatic carbocycles. The second-order valence-corrected chi connectivity index (χ2v) is 6.86. The van der Waals surface area contributed by atoms with Crippen LogP contribution >= 0.6 is 0 Å². The van der Waals surface area contributed by atoms with Crippen LogP contribution in [0.25, 0.3) is 0 Å². The van der Waals surface area contributed by atoms with Crippen LogP contribution in [0.1, 0.15) is 32.7 Å². The molecule has 0 bridgehead atoms. The summed E-state index contributed by atoms with van der Waals surface area (Å²) in [7, 11) is 0. The van der Waals surface area contributed by atoms with Gasteiger partial charge in [0.05, 0.1) is 12.2 Å². The van der Waals surface area contributed by atoms with Crippen molar-refractivity contribution in [2.75, 3.05) is 13.2 Å². The van der Waals surface area contributed by atoms with Gasteiger partial charge in [-0.3, -0.25) is 14.8 Å². The molecule has 0 radical (unpaired) electrons. The number of benzene rings is 1. The van der Waals surface area contributed by atoms with Crippen molar-refractivity contribution in [3.05, 3.63) is 64.0 Å². The van der Waals surface area contributed by atoms with Gasteiger partial charge in [-0.2, -0.15) is 5.26 Å². The topological polar surface area (TPSA) is 101 Å². The zero-order valence-electron chi connectivity index (χ0n) is 15.8. The zero-order chi connectivity index (χ0) is 22.1. The van der Waals surface area contributed by atoms with Gasteiger partial charge < -0.3 is 10.5 Å². The molecule has 0 spiro atoms. The first-order valence-corrected chi connectivity index (χ1v) is 8.76. The molecule has 2 N–H and O–H groups in total. The third kappa shape index (κ3) is 3.89. The minimum Gasteiger partial charge on any atom is -0.385 e. The molecule has 1 aromatic heterocycles. The van der Waals surface area contributed by atoms with Crippen molar-refractivity contribution in [2.24, 2.45) is 10.7 Å². The molecule has 2 aromatic rings. The predicted molar refractivity (Wildman–Crippen MR) is 98.2 cm³/mol. The van der Waals surface area contributed by atoms with Crippen LogP contribution < -0.4 is 5.73 Å². The Morgan fingerprint density at radius 2 is 2.10 bits per heavy atom.